The maximum atomic E-state index is 12.0. The number of halogens is 2. The largest absolute Gasteiger partial charge is 0.493 e. The fourth-order valence-electron chi connectivity index (χ4n) is 1.84. The van der Waals surface area contributed by atoms with Crippen LogP contribution < -0.4 is 14.8 Å². The molecule has 0 saturated carbocycles. The van der Waals surface area contributed by atoms with Crippen LogP contribution in [0.15, 0.2) is 48.5 Å². The maximum Gasteiger partial charge on any atom is 0.387 e. The minimum absolute atomic E-state index is 0.0423. The average molecular weight is 321 g/mol. The van der Waals surface area contributed by atoms with E-state index in [1.807, 2.05) is 31.2 Å². The maximum absolute atomic E-state index is 12.0. The Balaban J connectivity index is 1.75. The molecule has 2 aromatic rings. The average Bonchev–Trinajstić information content (AvgIpc) is 2.51. The Bertz CT molecular complexity index is 627. The van der Waals surface area contributed by atoms with Crippen LogP contribution in [0.4, 0.5) is 14.5 Å². The molecule has 4 nitrogen and oxygen atoms in total. The van der Waals surface area contributed by atoms with Crippen LogP contribution >= 0.6 is 0 Å². The van der Waals surface area contributed by atoms with Crippen molar-refractivity contribution in [2.45, 2.75) is 20.0 Å². The van der Waals surface area contributed by atoms with Crippen LogP contribution in [0.1, 0.15) is 12.0 Å². The number of aryl methyl sites for hydroxylation is 1. The summed E-state index contributed by atoms with van der Waals surface area (Å²) in [5, 5.41) is 2.66. The molecule has 0 saturated heterocycles. The Hall–Kier alpha value is -2.63. The molecule has 2 rings (SSSR count). The molecule has 0 fully saturated rings. The van der Waals surface area contributed by atoms with Crippen molar-refractivity contribution >= 4 is 11.6 Å². The van der Waals surface area contributed by atoms with Gasteiger partial charge >= 0.3 is 6.61 Å². The predicted molar refractivity (Wildman–Crippen MR) is 83.0 cm³/mol. The van der Waals surface area contributed by atoms with Crippen molar-refractivity contribution in [1.82, 2.24) is 0 Å². The van der Waals surface area contributed by atoms with Crippen molar-refractivity contribution in [2.24, 2.45) is 0 Å². The molecule has 23 heavy (non-hydrogen) atoms. The minimum Gasteiger partial charge on any atom is -0.493 e. The summed E-state index contributed by atoms with van der Waals surface area (Å²) >= 11 is 0. The number of nitrogens with one attached hydrogen (secondary N) is 1. The monoisotopic (exact) mass is 321 g/mol. The van der Waals surface area contributed by atoms with Crippen molar-refractivity contribution in [3.05, 3.63) is 54.1 Å². The zero-order chi connectivity index (χ0) is 16.7. The van der Waals surface area contributed by atoms with E-state index in [1.165, 1.54) is 24.3 Å². The highest BCUT2D eigenvalue weighted by atomic mass is 19.3. The molecular formula is C17H17F2NO3. The van der Waals surface area contributed by atoms with E-state index in [2.05, 4.69) is 10.1 Å². The van der Waals surface area contributed by atoms with Gasteiger partial charge in [-0.25, -0.2) is 0 Å². The van der Waals surface area contributed by atoms with Gasteiger partial charge in [0.2, 0.25) is 5.91 Å². The van der Waals surface area contributed by atoms with Gasteiger partial charge in [-0.05, 0) is 43.3 Å². The SMILES string of the molecule is Cc1ccc(OCCC(=O)Nc2ccc(OC(F)F)cc2)cc1. The lowest BCUT2D eigenvalue weighted by Gasteiger charge is -2.08. The van der Waals surface area contributed by atoms with Gasteiger partial charge in [0.05, 0.1) is 13.0 Å². The molecule has 0 unspecified atom stereocenters. The first kappa shape index (κ1) is 16.7. The molecule has 0 bridgehead atoms. The molecule has 0 aliphatic heterocycles. The Morgan fingerprint density at radius 3 is 2.26 bits per heavy atom. The Kier molecular flexibility index (Phi) is 5.91. The standard InChI is InChI=1S/C17H17F2NO3/c1-12-2-6-14(7-3-12)22-11-10-16(21)20-13-4-8-15(9-5-13)23-17(18)19/h2-9,17H,10-11H2,1H3,(H,20,21). The lowest BCUT2D eigenvalue weighted by atomic mass is 10.2. The zero-order valence-electron chi connectivity index (χ0n) is 12.6. The Labute approximate surface area is 133 Å². The first-order chi connectivity index (χ1) is 11.0. The van der Waals surface area contributed by atoms with Gasteiger partial charge in [0.25, 0.3) is 0 Å². The summed E-state index contributed by atoms with van der Waals surface area (Å²) in [7, 11) is 0. The fourth-order valence-corrected chi connectivity index (χ4v) is 1.84. The molecule has 0 aliphatic carbocycles. The second kappa shape index (κ2) is 8.12. The number of hydrogen-bond acceptors (Lipinski definition) is 3. The number of rotatable bonds is 7. The molecular weight excluding hydrogens is 304 g/mol. The zero-order valence-corrected chi connectivity index (χ0v) is 12.6. The van der Waals surface area contributed by atoms with Gasteiger partial charge in [0.1, 0.15) is 11.5 Å². The number of amides is 1. The van der Waals surface area contributed by atoms with Crippen molar-refractivity contribution in [3.8, 4) is 11.5 Å². The molecule has 6 heteroatoms. The van der Waals surface area contributed by atoms with E-state index >= 15 is 0 Å². The van der Waals surface area contributed by atoms with Crippen molar-refractivity contribution < 1.29 is 23.0 Å². The summed E-state index contributed by atoms with van der Waals surface area (Å²) in [5.41, 5.74) is 1.64. The van der Waals surface area contributed by atoms with E-state index < -0.39 is 6.61 Å². The van der Waals surface area contributed by atoms with E-state index in [9.17, 15) is 13.6 Å². The van der Waals surface area contributed by atoms with Crippen molar-refractivity contribution in [1.29, 1.82) is 0 Å². The molecule has 0 spiro atoms. The van der Waals surface area contributed by atoms with Crippen molar-refractivity contribution in [2.75, 3.05) is 11.9 Å². The van der Waals surface area contributed by atoms with Gasteiger partial charge in [0, 0.05) is 5.69 Å². The van der Waals surface area contributed by atoms with E-state index in [1.54, 1.807) is 0 Å². The van der Waals surface area contributed by atoms with Gasteiger partial charge in [-0.2, -0.15) is 8.78 Å². The van der Waals surface area contributed by atoms with Gasteiger partial charge in [-0.3, -0.25) is 4.79 Å². The van der Waals surface area contributed by atoms with Gasteiger partial charge < -0.3 is 14.8 Å². The summed E-state index contributed by atoms with van der Waals surface area (Å²) in [6.45, 7) is -0.634. The molecule has 0 heterocycles. The summed E-state index contributed by atoms with van der Waals surface area (Å²) in [6.07, 6.45) is 0.184. The number of anilines is 1. The Morgan fingerprint density at radius 1 is 1.04 bits per heavy atom. The molecule has 1 amide bonds. The lowest BCUT2D eigenvalue weighted by Crippen LogP contribution is -2.15. The highest BCUT2D eigenvalue weighted by molar-refractivity contribution is 5.90. The van der Waals surface area contributed by atoms with Crippen LogP contribution in [0.3, 0.4) is 0 Å². The second-order valence-corrected chi connectivity index (χ2v) is 4.86. The number of ether oxygens (including phenoxy) is 2. The van der Waals surface area contributed by atoms with Crippen LogP contribution in [0, 0.1) is 6.92 Å². The number of carbonyl (C=O) groups excluding carboxylic acids is 1. The van der Waals surface area contributed by atoms with E-state index in [-0.39, 0.29) is 24.7 Å². The van der Waals surface area contributed by atoms with E-state index in [0.717, 1.165) is 5.56 Å². The molecule has 2 aromatic carbocycles. The summed E-state index contributed by atoms with van der Waals surface area (Å²) in [6, 6.07) is 13.3. The minimum atomic E-state index is -2.87. The smallest absolute Gasteiger partial charge is 0.387 e. The third-order valence-electron chi connectivity index (χ3n) is 2.98. The van der Waals surface area contributed by atoms with Gasteiger partial charge in [-0.1, -0.05) is 17.7 Å². The van der Waals surface area contributed by atoms with Crippen LogP contribution in [0.25, 0.3) is 0 Å². The van der Waals surface area contributed by atoms with Crippen LogP contribution in [-0.2, 0) is 4.79 Å². The second-order valence-electron chi connectivity index (χ2n) is 4.86. The van der Waals surface area contributed by atoms with E-state index in [4.69, 9.17) is 4.74 Å². The summed E-state index contributed by atoms with van der Waals surface area (Å²) < 4.78 is 33.8. The van der Waals surface area contributed by atoms with Crippen LogP contribution in [0.2, 0.25) is 0 Å². The highest BCUT2D eigenvalue weighted by Gasteiger charge is 2.06. The molecule has 0 aliphatic rings. The van der Waals surface area contributed by atoms with Gasteiger partial charge in [0.15, 0.2) is 0 Å². The quantitative estimate of drug-likeness (QED) is 0.838. The lowest BCUT2D eigenvalue weighted by molar-refractivity contribution is -0.116. The number of benzene rings is 2. The highest BCUT2D eigenvalue weighted by Crippen LogP contribution is 2.18. The first-order valence-electron chi connectivity index (χ1n) is 7.07. The summed E-state index contributed by atoms with van der Waals surface area (Å²) in [5.74, 6) is 0.525. The molecule has 1 N–H and O–H groups in total. The molecule has 122 valence electrons. The Morgan fingerprint density at radius 2 is 1.65 bits per heavy atom. The molecule has 0 atom stereocenters. The third kappa shape index (κ3) is 5.94. The number of carbonyl (C=O) groups is 1. The number of alkyl halides is 2. The molecule has 0 aromatic heterocycles. The first-order valence-corrected chi connectivity index (χ1v) is 7.07. The van der Waals surface area contributed by atoms with Gasteiger partial charge in [-0.15, -0.1) is 0 Å². The van der Waals surface area contributed by atoms with Crippen LogP contribution in [0.5, 0.6) is 11.5 Å². The van der Waals surface area contributed by atoms with E-state index in [0.29, 0.717) is 11.4 Å². The normalized spacial score (nSPS) is 10.4. The van der Waals surface area contributed by atoms with Crippen molar-refractivity contribution in [3.63, 3.8) is 0 Å². The van der Waals surface area contributed by atoms with Crippen LogP contribution in [-0.4, -0.2) is 19.1 Å². The fraction of sp³-hybridized carbons (Fsp3) is 0.235. The predicted octanol–water partition coefficient (Wildman–Crippen LogP) is 4.00. The number of hydrogen-bond donors (Lipinski definition) is 1. The third-order valence-corrected chi connectivity index (χ3v) is 2.98. The summed E-state index contributed by atoms with van der Waals surface area (Å²) in [4.78, 5) is 11.8. The molecule has 0 radical (unpaired) electrons. The topological polar surface area (TPSA) is 47.6 Å².